The van der Waals surface area contributed by atoms with Crippen LogP contribution in [0.4, 0.5) is 16.2 Å². The van der Waals surface area contributed by atoms with E-state index in [1.807, 2.05) is 6.08 Å². The second-order valence-corrected chi connectivity index (χ2v) is 20.5. The molecule has 0 saturated heterocycles. The first kappa shape index (κ1) is 43.7. The highest BCUT2D eigenvalue weighted by Gasteiger charge is 2.49. The van der Waals surface area contributed by atoms with Crippen LogP contribution in [0.15, 0.2) is 61.3 Å². The van der Waals surface area contributed by atoms with Gasteiger partial charge in [0.05, 0.1) is 23.9 Å². The maximum absolute atomic E-state index is 14.3. The number of carbonyl (C=O) groups excluding carboxylic acids is 5. The molecule has 2 unspecified atom stereocenters. The Morgan fingerprint density at radius 3 is 2.34 bits per heavy atom. The van der Waals surface area contributed by atoms with Gasteiger partial charge in [-0.1, -0.05) is 65.5 Å². The van der Waals surface area contributed by atoms with E-state index in [0.717, 1.165) is 0 Å². The molecule has 0 aromatic heterocycles. The minimum Gasteiger partial charge on any atom is -0.508 e. The number of phenols is 1. The molecular formula is C40H55N5O10Si. The second kappa shape index (κ2) is 18.3. The number of anilines is 2. The number of benzene rings is 2. The molecule has 2 aromatic rings. The van der Waals surface area contributed by atoms with Crippen LogP contribution < -0.4 is 21.1 Å². The quantitative estimate of drug-likeness (QED) is 0.0550. The molecule has 304 valence electrons. The largest absolute Gasteiger partial charge is 0.508 e. The number of rotatable bonds is 16. The molecule has 4 rings (SSSR count). The van der Waals surface area contributed by atoms with E-state index in [1.54, 1.807) is 62.2 Å². The first-order chi connectivity index (χ1) is 26.3. The van der Waals surface area contributed by atoms with Crippen molar-refractivity contribution in [3.05, 3.63) is 78.0 Å². The number of esters is 1. The van der Waals surface area contributed by atoms with Gasteiger partial charge in [-0.2, -0.15) is 0 Å². The number of phenolic OH excluding ortho intramolecular Hbond substituents is 1. The number of ether oxygens (including phenoxy) is 3. The average molecular weight is 794 g/mol. The zero-order valence-corrected chi connectivity index (χ0v) is 34.6. The maximum atomic E-state index is 14.3. The maximum Gasteiger partial charge on any atom is 0.416 e. The Balaban J connectivity index is 1.50. The summed E-state index contributed by atoms with van der Waals surface area (Å²) in [6.45, 7) is 18.7. The van der Waals surface area contributed by atoms with Crippen LogP contribution in [0.5, 0.6) is 5.75 Å². The summed E-state index contributed by atoms with van der Waals surface area (Å²) >= 11 is 0. The fourth-order valence-electron chi connectivity index (χ4n) is 5.84. The molecule has 0 fully saturated rings. The van der Waals surface area contributed by atoms with E-state index in [0.29, 0.717) is 23.2 Å². The number of nitrogens with one attached hydrogen (secondary N) is 3. The average Bonchev–Trinajstić information content (AvgIpc) is 3.61. The van der Waals surface area contributed by atoms with Crippen molar-refractivity contribution in [2.24, 2.45) is 5.92 Å². The first-order valence-corrected chi connectivity index (χ1v) is 21.4. The molecule has 0 spiro atoms. The van der Waals surface area contributed by atoms with Crippen LogP contribution in [-0.2, 0) is 46.2 Å². The van der Waals surface area contributed by atoms with Gasteiger partial charge in [-0.3, -0.25) is 14.4 Å². The Hall–Kier alpha value is -5.03. The number of ketones is 1. The topological polar surface area (TPSA) is 185 Å². The summed E-state index contributed by atoms with van der Waals surface area (Å²) in [5, 5.41) is 13.4. The molecule has 56 heavy (non-hydrogen) atoms. The van der Waals surface area contributed by atoms with Gasteiger partial charge in [-0.15, -0.1) is 0 Å². The lowest BCUT2D eigenvalue weighted by Gasteiger charge is -2.44. The summed E-state index contributed by atoms with van der Waals surface area (Å²) in [4.78, 5) is 68.8. The van der Waals surface area contributed by atoms with Gasteiger partial charge >= 0.3 is 12.1 Å². The standard InChI is InChI=1S/C40H55N5O10Si/c1-11-19-53-38(50)34(47)33(24(2)3)41-35(48)25(4)42-43-28-16-14-26(15-17-28)22-54-39(51)45-31-21-32(46)27(23-52-8)20-29(31)36(49)44-18-12-13-30(44)37(45)55-56(9,10)40(5,6)7/h11-12,14-18,20-21,24-25,30,33,37,42-43,46H,1,13,19,22-23H2,2-10H3,(H,41,48)/t25?,30-,33?,37-/m0/s1. The van der Waals surface area contributed by atoms with Crippen LogP contribution in [0.2, 0.25) is 18.1 Å². The van der Waals surface area contributed by atoms with E-state index in [2.05, 4.69) is 56.6 Å². The number of hydrogen-bond donors (Lipinski definition) is 4. The fourth-order valence-corrected chi connectivity index (χ4v) is 7.06. The van der Waals surface area contributed by atoms with Crippen molar-refractivity contribution in [2.45, 2.75) is 104 Å². The molecule has 0 aliphatic carbocycles. The van der Waals surface area contributed by atoms with Crippen LogP contribution in [0.3, 0.4) is 0 Å². The lowest BCUT2D eigenvalue weighted by Crippen LogP contribution is -2.57. The van der Waals surface area contributed by atoms with Crippen molar-refractivity contribution in [1.82, 2.24) is 15.6 Å². The number of hydrazine groups is 1. The summed E-state index contributed by atoms with van der Waals surface area (Å²) in [5.41, 5.74) is 7.82. The summed E-state index contributed by atoms with van der Waals surface area (Å²) < 4.78 is 22.9. The minimum atomic E-state index is -2.56. The van der Waals surface area contributed by atoms with E-state index in [4.69, 9.17) is 18.6 Å². The smallest absolute Gasteiger partial charge is 0.416 e. The molecule has 4 atom stereocenters. The normalized spacial score (nSPS) is 17.7. The van der Waals surface area contributed by atoms with Crippen molar-refractivity contribution in [2.75, 3.05) is 24.0 Å². The minimum absolute atomic E-state index is 0.0563. The lowest BCUT2D eigenvalue weighted by molar-refractivity contribution is -0.154. The molecule has 3 amide bonds. The summed E-state index contributed by atoms with van der Waals surface area (Å²) in [6.07, 6.45) is 3.70. The fraction of sp³-hybridized carbons (Fsp3) is 0.475. The van der Waals surface area contributed by atoms with Crippen LogP contribution in [0.1, 0.15) is 69.4 Å². The predicted octanol–water partition coefficient (Wildman–Crippen LogP) is 5.52. The van der Waals surface area contributed by atoms with Crippen molar-refractivity contribution >= 4 is 49.4 Å². The molecule has 16 heteroatoms. The van der Waals surface area contributed by atoms with Crippen molar-refractivity contribution < 1.29 is 47.7 Å². The molecule has 2 aromatic carbocycles. The Kier molecular flexibility index (Phi) is 14.3. The molecule has 0 bridgehead atoms. The van der Waals surface area contributed by atoms with Crippen LogP contribution >= 0.6 is 0 Å². The van der Waals surface area contributed by atoms with Gasteiger partial charge in [0, 0.05) is 30.6 Å². The number of fused-ring (bicyclic) bond motifs is 2. The SMILES string of the molecule is C=CCOC(=O)C(=O)C(NC(=O)C(C)NNc1ccc(COC(=O)N2c3cc(O)c(COC)cc3C(=O)N3C=CC[C@H]3[C@@H]2O[Si](C)(C)C(C)(C)C)cc1)C(C)C. The second-order valence-electron chi connectivity index (χ2n) is 15.7. The van der Waals surface area contributed by atoms with Crippen molar-refractivity contribution in [3.63, 3.8) is 0 Å². The summed E-state index contributed by atoms with van der Waals surface area (Å²) in [5.74, 6) is -3.26. The van der Waals surface area contributed by atoms with E-state index in [-0.39, 0.29) is 53.7 Å². The zero-order valence-electron chi connectivity index (χ0n) is 33.6. The third kappa shape index (κ3) is 10.0. The number of methoxy groups -OCH3 is 1. The third-order valence-electron chi connectivity index (χ3n) is 10.1. The predicted molar refractivity (Wildman–Crippen MR) is 213 cm³/mol. The van der Waals surface area contributed by atoms with Crippen molar-refractivity contribution in [3.8, 4) is 5.75 Å². The van der Waals surface area contributed by atoms with E-state index in [1.165, 1.54) is 24.2 Å². The van der Waals surface area contributed by atoms with Gasteiger partial charge < -0.3 is 39.4 Å². The number of Topliss-reactive ketones (excluding diaryl/α,β-unsaturated/α-hetero) is 1. The molecule has 2 aliphatic rings. The Labute approximate surface area is 329 Å². The van der Waals surface area contributed by atoms with E-state index < -0.39 is 56.4 Å². The molecule has 4 N–H and O–H groups in total. The van der Waals surface area contributed by atoms with Gasteiger partial charge in [0.2, 0.25) is 5.91 Å². The van der Waals surface area contributed by atoms with Crippen LogP contribution in [0, 0.1) is 5.92 Å². The Morgan fingerprint density at radius 2 is 1.73 bits per heavy atom. The number of nitrogens with zero attached hydrogens (tertiary/aromatic N) is 2. The Bertz CT molecular complexity index is 1820. The monoisotopic (exact) mass is 793 g/mol. The first-order valence-electron chi connectivity index (χ1n) is 18.5. The zero-order chi connectivity index (χ0) is 41.5. The molecule has 2 heterocycles. The Morgan fingerprint density at radius 1 is 1.05 bits per heavy atom. The van der Waals surface area contributed by atoms with E-state index in [9.17, 15) is 29.1 Å². The highest BCUT2D eigenvalue weighted by Crippen LogP contribution is 2.43. The summed E-state index contributed by atoms with van der Waals surface area (Å²) in [6, 6.07) is 7.43. The number of carbonyl (C=O) groups is 5. The van der Waals surface area contributed by atoms with Crippen LogP contribution in [-0.4, -0.2) is 86.1 Å². The molecule has 0 saturated carbocycles. The molecule has 15 nitrogen and oxygen atoms in total. The van der Waals surface area contributed by atoms with Gasteiger partial charge in [-0.25, -0.2) is 19.9 Å². The molecular weight excluding hydrogens is 739 g/mol. The number of amides is 3. The number of aromatic hydroxyl groups is 1. The molecule has 2 aliphatic heterocycles. The summed E-state index contributed by atoms with van der Waals surface area (Å²) in [7, 11) is -1.07. The van der Waals surface area contributed by atoms with Gasteiger partial charge in [0.1, 0.15) is 31.0 Å². The lowest BCUT2D eigenvalue weighted by atomic mass is 9.99. The van der Waals surface area contributed by atoms with Crippen LogP contribution in [0.25, 0.3) is 0 Å². The number of hydrogen-bond acceptors (Lipinski definition) is 12. The van der Waals surface area contributed by atoms with Gasteiger partial charge in [0.25, 0.3) is 11.7 Å². The van der Waals surface area contributed by atoms with Gasteiger partial charge in [-0.05, 0) is 61.2 Å². The highest BCUT2D eigenvalue weighted by atomic mass is 28.4. The highest BCUT2D eigenvalue weighted by molar-refractivity contribution is 6.74. The van der Waals surface area contributed by atoms with Crippen molar-refractivity contribution in [1.29, 1.82) is 0 Å². The molecule has 0 radical (unpaired) electrons. The third-order valence-corrected chi connectivity index (χ3v) is 14.6. The van der Waals surface area contributed by atoms with Gasteiger partial charge in [0.15, 0.2) is 14.5 Å². The van der Waals surface area contributed by atoms with E-state index >= 15 is 0 Å².